The minimum atomic E-state index is -0.664. The van der Waals surface area contributed by atoms with E-state index in [0.717, 1.165) is 44.7 Å². The number of β-amino-alcohol motifs (C(OH)–C–C–N with tert-alkyl or cyclic N) is 1. The first-order valence-electron chi connectivity index (χ1n) is 9.51. The van der Waals surface area contributed by atoms with Gasteiger partial charge in [-0.1, -0.05) is 60.7 Å². The first-order valence-corrected chi connectivity index (χ1v) is 9.51. The molecular formula is C22H28N2O. The summed E-state index contributed by atoms with van der Waals surface area (Å²) in [5.41, 5.74) is 1.81. The summed E-state index contributed by atoms with van der Waals surface area (Å²) in [5, 5.41) is 11.1. The summed E-state index contributed by atoms with van der Waals surface area (Å²) in [7, 11) is 0. The maximum Gasteiger partial charge on any atom is 0.103 e. The summed E-state index contributed by atoms with van der Waals surface area (Å²) in [6.45, 7) is 5.15. The molecule has 4 rings (SSSR count). The molecule has 3 heteroatoms. The quantitative estimate of drug-likeness (QED) is 0.928. The average Bonchev–Trinajstić information content (AvgIpc) is 3.08. The van der Waals surface area contributed by atoms with Crippen LogP contribution in [0, 0.1) is 0 Å². The van der Waals surface area contributed by atoms with Crippen molar-refractivity contribution in [3.8, 4) is 0 Å². The van der Waals surface area contributed by atoms with Crippen molar-refractivity contribution in [1.82, 2.24) is 9.80 Å². The van der Waals surface area contributed by atoms with Gasteiger partial charge in [-0.2, -0.15) is 0 Å². The molecule has 0 bridgehead atoms. The van der Waals surface area contributed by atoms with E-state index in [2.05, 4.69) is 52.3 Å². The first-order chi connectivity index (χ1) is 12.2. The fourth-order valence-electron chi connectivity index (χ4n) is 4.40. The highest BCUT2D eigenvalue weighted by molar-refractivity contribution is 5.24. The lowest BCUT2D eigenvalue weighted by Gasteiger charge is -2.37. The highest BCUT2D eigenvalue weighted by Gasteiger charge is 2.40. The second-order valence-electron chi connectivity index (χ2n) is 7.61. The van der Waals surface area contributed by atoms with E-state index in [0.29, 0.717) is 6.04 Å². The SMILES string of the molecule is O[C@]1(c2ccccc2)CCN(C2CCN(Cc3ccccc3)CC2)C1. The molecule has 0 amide bonds. The Bertz CT molecular complexity index is 667. The molecule has 3 nitrogen and oxygen atoms in total. The summed E-state index contributed by atoms with van der Waals surface area (Å²) >= 11 is 0. The van der Waals surface area contributed by atoms with E-state index < -0.39 is 5.60 Å². The molecule has 2 aliphatic heterocycles. The van der Waals surface area contributed by atoms with Gasteiger partial charge >= 0.3 is 0 Å². The topological polar surface area (TPSA) is 26.7 Å². The number of hydrogen-bond donors (Lipinski definition) is 1. The molecule has 0 radical (unpaired) electrons. The van der Waals surface area contributed by atoms with Crippen molar-refractivity contribution in [1.29, 1.82) is 0 Å². The fourth-order valence-corrected chi connectivity index (χ4v) is 4.40. The van der Waals surface area contributed by atoms with E-state index in [4.69, 9.17) is 0 Å². The largest absolute Gasteiger partial charge is 0.384 e. The van der Waals surface area contributed by atoms with Crippen LogP contribution in [-0.2, 0) is 12.1 Å². The van der Waals surface area contributed by atoms with Crippen LogP contribution < -0.4 is 0 Å². The molecule has 0 unspecified atom stereocenters. The Kier molecular flexibility index (Phi) is 4.89. The number of aliphatic hydroxyl groups is 1. The summed E-state index contributed by atoms with van der Waals surface area (Å²) < 4.78 is 0. The highest BCUT2D eigenvalue weighted by atomic mass is 16.3. The Labute approximate surface area is 150 Å². The van der Waals surface area contributed by atoms with Gasteiger partial charge in [-0.05, 0) is 43.5 Å². The van der Waals surface area contributed by atoms with Crippen LogP contribution in [0.2, 0.25) is 0 Å². The van der Waals surface area contributed by atoms with E-state index in [-0.39, 0.29) is 0 Å². The average molecular weight is 336 g/mol. The molecule has 0 aromatic heterocycles. The van der Waals surface area contributed by atoms with Crippen molar-refractivity contribution >= 4 is 0 Å². The summed E-state index contributed by atoms with van der Waals surface area (Å²) in [6, 6.07) is 21.6. The van der Waals surface area contributed by atoms with Crippen molar-refractivity contribution in [3.05, 3.63) is 71.8 Å². The standard InChI is InChI=1S/C22H28N2O/c25-22(20-9-5-2-6-10-20)13-16-24(18-22)21-11-14-23(15-12-21)17-19-7-3-1-4-8-19/h1-10,21,25H,11-18H2/t22-/m1/s1. The highest BCUT2D eigenvalue weighted by Crippen LogP contribution is 2.34. The van der Waals surface area contributed by atoms with E-state index >= 15 is 0 Å². The summed E-state index contributed by atoms with van der Waals surface area (Å²) in [5.74, 6) is 0. The lowest BCUT2D eigenvalue weighted by molar-refractivity contribution is 0.0329. The number of benzene rings is 2. The van der Waals surface area contributed by atoms with Gasteiger partial charge in [-0.25, -0.2) is 0 Å². The fraction of sp³-hybridized carbons (Fsp3) is 0.455. The van der Waals surface area contributed by atoms with Crippen LogP contribution in [0.3, 0.4) is 0 Å². The Morgan fingerprint density at radius 2 is 1.52 bits per heavy atom. The van der Waals surface area contributed by atoms with E-state index in [9.17, 15) is 5.11 Å². The lowest BCUT2D eigenvalue weighted by Crippen LogP contribution is -2.44. The minimum Gasteiger partial charge on any atom is -0.384 e. The van der Waals surface area contributed by atoms with Crippen molar-refractivity contribution in [2.75, 3.05) is 26.2 Å². The molecule has 2 aliphatic rings. The second-order valence-corrected chi connectivity index (χ2v) is 7.61. The molecule has 2 fully saturated rings. The van der Waals surface area contributed by atoms with Crippen LogP contribution in [0.25, 0.3) is 0 Å². The van der Waals surface area contributed by atoms with Crippen LogP contribution in [0.5, 0.6) is 0 Å². The normalized spacial score (nSPS) is 26.1. The zero-order valence-electron chi connectivity index (χ0n) is 14.8. The number of piperidine rings is 1. The van der Waals surface area contributed by atoms with Crippen LogP contribution >= 0.6 is 0 Å². The monoisotopic (exact) mass is 336 g/mol. The van der Waals surface area contributed by atoms with Crippen molar-refractivity contribution in [2.45, 2.75) is 37.5 Å². The van der Waals surface area contributed by atoms with Gasteiger partial charge in [-0.3, -0.25) is 9.80 Å². The number of rotatable bonds is 4. The van der Waals surface area contributed by atoms with Crippen molar-refractivity contribution < 1.29 is 5.11 Å². The predicted octanol–water partition coefficient (Wildman–Crippen LogP) is 3.24. The zero-order valence-corrected chi connectivity index (χ0v) is 14.8. The van der Waals surface area contributed by atoms with E-state index in [1.165, 1.54) is 18.4 Å². The second kappa shape index (κ2) is 7.28. The molecule has 1 N–H and O–H groups in total. The van der Waals surface area contributed by atoms with Crippen LogP contribution in [0.15, 0.2) is 60.7 Å². The van der Waals surface area contributed by atoms with Gasteiger partial charge in [0.1, 0.15) is 5.60 Å². The minimum absolute atomic E-state index is 0.616. The molecule has 2 aromatic carbocycles. The summed E-state index contributed by atoms with van der Waals surface area (Å²) in [4.78, 5) is 5.08. The van der Waals surface area contributed by atoms with Gasteiger partial charge in [0.2, 0.25) is 0 Å². The van der Waals surface area contributed by atoms with Gasteiger partial charge in [0, 0.05) is 25.7 Å². The van der Waals surface area contributed by atoms with E-state index in [1.54, 1.807) is 0 Å². The molecule has 1 atom stereocenters. The van der Waals surface area contributed by atoms with Crippen molar-refractivity contribution in [3.63, 3.8) is 0 Å². The molecule has 25 heavy (non-hydrogen) atoms. The molecule has 2 saturated heterocycles. The predicted molar refractivity (Wildman–Crippen MR) is 101 cm³/mol. The van der Waals surface area contributed by atoms with Crippen molar-refractivity contribution in [2.24, 2.45) is 0 Å². The third-order valence-electron chi connectivity index (χ3n) is 5.91. The maximum atomic E-state index is 11.1. The Balaban J connectivity index is 1.31. The molecule has 2 aromatic rings. The molecule has 0 spiro atoms. The van der Waals surface area contributed by atoms with Crippen LogP contribution in [0.4, 0.5) is 0 Å². The first kappa shape index (κ1) is 16.8. The smallest absolute Gasteiger partial charge is 0.103 e. The Morgan fingerprint density at radius 1 is 0.880 bits per heavy atom. The number of nitrogens with zero attached hydrogens (tertiary/aromatic N) is 2. The van der Waals surface area contributed by atoms with Gasteiger partial charge in [0.25, 0.3) is 0 Å². The molecule has 0 aliphatic carbocycles. The Morgan fingerprint density at radius 3 is 2.20 bits per heavy atom. The van der Waals surface area contributed by atoms with Gasteiger partial charge in [0.15, 0.2) is 0 Å². The molecule has 132 valence electrons. The lowest BCUT2D eigenvalue weighted by atomic mass is 9.93. The maximum absolute atomic E-state index is 11.1. The molecular weight excluding hydrogens is 308 g/mol. The number of hydrogen-bond acceptors (Lipinski definition) is 3. The van der Waals surface area contributed by atoms with Gasteiger partial charge in [0.05, 0.1) is 0 Å². The number of likely N-dealkylation sites (tertiary alicyclic amines) is 2. The third-order valence-corrected chi connectivity index (χ3v) is 5.91. The third kappa shape index (κ3) is 3.79. The van der Waals surface area contributed by atoms with Crippen LogP contribution in [0.1, 0.15) is 30.4 Å². The summed E-state index contributed by atoms with van der Waals surface area (Å²) in [6.07, 6.45) is 3.26. The zero-order chi connectivity index (χ0) is 17.1. The van der Waals surface area contributed by atoms with E-state index in [1.807, 2.05) is 18.2 Å². The molecule has 2 heterocycles. The Hall–Kier alpha value is -1.68. The van der Waals surface area contributed by atoms with Gasteiger partial charge < -0.3 is 5.11 Å². The van der Waals surface area contributed by atoms with Crippen LogP contribution in [-0.4, -0.2) is 47.1 Å². The van der Waals surface area contributed by atoms with Gasteiger partial charge in [-0.15, -0.1) is 0 Å². The molecule has 0 saturated carbocycles.